The van der Waals surface area contributed by atoms with Gasteiger partial charge in [0.2, 0.25) is 0 Å². The van der Waals surface area contributed by atoms with Crippen molar-refractivity contribution in [3.05, 3.63) is 53.3 Å². The lowest BCUT2D eigenvalue weighted by Crippen LogP contribution is -2.43. The monoisotopic (exact) mass is 417 g/mol. The Hall–Kier alpha value is -3.29. The third-order valence-corrected chi connectivity index (χ3v) is 5.10. The van der Waals surface area contributed by atoms with E-state index in [2.05, 4.69) is 0 Å². The van der Waals surface area contributed by atoms with Crippen molar-refractivity contribution in [1.82, 2.24) is 4.90 Å². The standard InChI is InChI=1S/C22H24FNO6/c1-27-19-10-14-8-9-24(21(25)13-30-18-7-5-4-6-16(18)23)17(12-22(26)29-3)15(14)11-20(19)28-2/h4-7,10-11,17H,8-9,12-13H2,1-3H3/t17-/m1/s1. The van der Waals surface area contributed by atoms with E-state index in [1.807, 2.05) is 6.07 Å². The fourth-order valence-corrected chi connectivity index (χ4v) is 3.57. The number of halogens is 1. The minimum Gasteiger partial charge on any atom is -0.493 e. The van der Waals surface area contributed by atoms with Crippen molar-refractivity contribution < 1.29 is 32.9 Å². The minimum atomic E-state index is -0.558. The molecule has 7 nitrogen and oxygen atoms in total. The van der Waals surface area contributed by atoms with E-state index in [9.17, 15) is 14.0 Å². The first-order valence-corrected chi connectivity index (χ1v) is 9.46. The van der Waals surface area contributed by atoms with Crippen LogP contribution in [-0.2, 0) is 20.7 Å². The summed E-state index contributed by atoms with van der Waals surface area (Å²) in [5.74, 6) is -0.266. The predicted octanol–water partition coefficient (Wildman–Crippen LogP) is 2.91. The zero-order valence-corrected chi connectivity index (χ0v) is 17.1. The summed E-state index contributed by atoms with van der Waals surface area (Å²) in [6, 6.07) is 8.96. The Balaban J connectivity index is 1.87. The summed E-state index contributed by atoms with van der Waals surface area (Å²) in [4.78, 5) is 26.5. The van der Waals surface area contributed by atoms with Crippen molar-refractivity contribution in [1.29, 1.82) is 0 Å². The molecular formula is C22H24FNO6. The maximum absolute atomic E-state index is 13.8. The summed E-state index contributed by atoms with van der Waals surface area (Å²) >= 11 is 0. The van der Waals surface area contributed by atoms with Gasteiger partial charge in [0.15, 0.2) is 29.7 Å². The van der Waals surface area contributed by atoms with Crippen molar-refractivity contribution in [2.45, 2.75) is 18.9 Å². The highest BCUT2D eigenvalue weighted by atomic mass is 19.1. The number of methoxy groups -OCH3 is 3. The molecular weight excluding hydrogens is 393 g/mol. The lowest BCUT2D eigenvalue weighted by Gasteiger charge is -2.37. The summed E-state index contributed by atoms with van der Waals surface area (Å²) < 4.78 is 34.7. The number of rotatable bonds is 7. The van der Waals surface area contributed by atoms with Crippen LogP contribution in [0.15, 0.2) is 36.4 Å². The van der Waals surface area contributed by atoms with E-state index in [0.29, 0.717) is 24.5 Å². The van der Waals surface area contributed by atoms with Crippen LogP contribution in [0.2, 0.25) is 0 Å². The molecule has 1 atom stereocenters. The molecule has 1 heterocycles. The Morgan fingerprint density at radius 3 is 2.43 bits per heavy atom. The molecule has 8 heteroatoms. The SMILES string of the molecule is COC(=O)C[C@@H]1c2cc(OC)c(OC)cc2CCN1C(=O)COc1ccccc1F. The van der Waals surface area contributed by atoms with E-state index in [1.54, 1.807) is 30.2 Å². The smallest absolute Gasteiger partial charge is 0.307 e. The average molecular weight is 417 g/mol. The first-order chi connectivity index (χ1) is 14.5. The molecule has 0 radical (unpaired) electrons. The van der Waals surface area contributed by atoms with Gasteiger partial charge in [0.1, 0.15) is 0 Å². The summed E-state index contributed by atoms with van der Waals surface area (Å²) in [5.41, 5.74) is 1.74. The molecule has 0 aromatic heterocycles. The normalized spacial score (nSPS) is 15.2. The van der Waals surface area contributed by atoms with Crippen LogP contribution in [0.4, 0.5) is 4.39 Å². The summed E-state index contributed by atoms with van der Waals surface area (Å²) in [7, 11) is 4.37. The summed E-state index contributed by atoms with van der Waals surface area (Å²) in [6.07, 6.45) is 0.545. The largest absolute Gasteiger partial charge is 0.493 e. The molecule has 0 unspecified atom stereocenters. The number of esters is 1. The maximum atomic E-state index is 13.8. The number of nitrogens with zero attached hydrogens (tertiary/aromatic N) is 1. The van der Waals surface area contributed by atoms with E-state index in [1.165, 1.54) is 26.4 Å². The van der Waals surface area contributed by atoms with E-state index >= 15 is 0 Å². The average Bonchev–Trinajstić information content (AvgIpc) is 2.77. The highest BCUT2D eigenvalue weighted by molar-refractivity contribution is 5.80. The highest BCUT2D eigenvalue weighted by Crippen LogP contribution is 2.39. The second kappa shape index (κ2) is 9.47. The van der Waals surface area contributed by atoms with Crippen molar-refractivity contribution >= 4 is 11.9 Å². The van der Waals surface area contributed by atoms with Crippen LogP contribution < -0.4 is 14.2 Å². The van der Waals surface area contributed by atoms with Gasteiger partial charge in [0.05, 0.1) is 33.8 Å². The van der Waals surface area contributed by atoms with Crippen molar-refractivity contribution in [3.8, 4) is 17.2 Å². The number of benzene rings is 2. The maximum Gasteiger partial charge on any atom is 0.307 e. The molecule has 160 valence electrons. The Bertz CT molecular complexity index is 932. The van der Waals surface area contributed by atoms with Gasteiger partial charge in [-0.05, 0) is 41.8 Å². The molecule has 0 bridgehead atoms. The number of carbonyl (C=O) groups excluding carboxylic acids is 2. The number of hydrogen-bond acceptors (Lipinski definition) is 6. The van der Waals surface area contributed by atoms with Gasteiger partial charge in [-0.3, -0.25) is 9.59 Å². The molecule has 0 N–H and O–H groups in total. The predicted molar refractivity (Wildman–Crippen MR) is 106 cm³/mol. The molecule has 0 spiro atoms. The van der Waals surface area contributed by atoms with Crippen molar-refractivity contribution in [2.75, 3.05) is 34.5 Å². The Morgan fingerprint density at radius 1 is 1.07 bits per heavy atom. The number of para-hydroxylation sites is 1. The Labute approximate surface area is 174 Å². The molecule has 30 heavy (non-hydrogen) atoms. The van der Waals surface area contributed by atoms with Gasteiger partial charge in [-0.2, -0.15) is 0 Å². The number of hydrogen-bond donors (Lipinski definition) is 0. The fourth-order valence-electron chi connectivity index (χ4n) is 3.57. The van der Waals surface area contributed by atoms with Crippen LogP contribution in [0, 0.1) is 5.82 Å². The Morgan fingerprint density at radius 2 is 1.77 bits per heavy atom. The van der Waals surface area contributed by atoms with Gasteiger partial charge in [0, 0.05) is 6.54 Å². The topological polar surface area (TPSA) is 74.3 Å². The van der Waals surface area contributed by atoms with Gasteiger partial charge in [0.25, 0.3) is 5.91 Å². The Kier molecular flexibility index (Phi) is 6.76. The lowest BCUT2D eigenvalue weighted by atomic mass is 9.90. The first-order valence-electron chi connectivity index (χ1n) is 9.46. The van der Waals surface area contributed by atoms with Gasteiger partial charge in [-0.15, -0.1) is 0 Å². The molecule has 0 aliphatic carbocycles. The molecule has 2 aromatic carbocycles. The van der Waals surface area contributed by atoms with Crippen LogP contribution >= 0.6 is 0 Å². The zero-order valence-electron chi connectivity index (χ0n) is 17.1. The summed E-state index contributed by atoms with van der Waals surface area (Å²) in [6.45, 7) is 0.0326. The highest BCUT2D eigenvalue weighted by Gasteiger charge is 2.34. The zero-order chi connectivity index (χ0) is 21.7. The van der Waals surface area contributed by atoms with E-state index in [4.69, 9.17) is 18.9 Å². The molecule has 0 saturated heterocycles. The number of fused-ring (bicyclic) bond motifs is 1. The second-order valence-corrected chi connectivity index (χ2v) is 6.76. The number of carbonyl (C=O) groups is 2. The van der Waals surface area contributed by atoms with Gasteiger partial charge in [-0.1, -0.05) is 12.1 Å². The number of amides is 1. The van der Waals surface area contributed by atoms with Gasteiger partial charge in [-0.25, -0.2) is 4.39 Å². The van der Waals surface area contributed by atoms with E-state index in [-0.39, 0.29) is 24.7 Å². The van der Waals surface area contributed by atoms with Gasteiger partial charge >= 0.3 is 5.97 Å². The fraction of sp³-hybridized carbons (Fsp3) is 0.364. The second-order valence-electron chi connectivity index (χ2n) is 6.76. The lowest BCUT2D eigenvalue weighted by molar-refractivity contribution is -0.144. The van der Waals surface area contributed by atoms with Crippen molar-refractivity contribution in [2.24, 2.45) is 0 Å². The van der Waals surface area contributed by atoms with Crippen LogP contribution in [0.1, 0.15) is 23.6 Å². The van der Waals surface area contributed by atoms with E-state index in [0.717, 1.165) is 11.1 Å². The molecule has 2 aromatic rings. The van der Waals surface area contributed by atoms with Crippen LogP contribution in [0.3, 0.4) is 0 Å². The molecule has 3 rings (SSSR count). The van der Waals surface area contributed by atoms with Crippen LogP contribution in [0.5, 0.6) is 17.2 Å². The summed E-state index contributed by atoms with van der Waals surface area (Å²) in [5, 5.41) is 0. The minimum absolute atomic E-state index is 0.000756. The van der Waals surface area contributed by atoms with Crippen molar-refractivity contribution in [3.63, 3.8) is 0 Å². The molecule has 0 fully saturated rings. The quantitative estimate of drug-likeness (QED) is 0.645. The van der Waals surface area contributed by atoms with E-state index < -0.39 is 17.8 Å². The number of ether oxygens (including phenoxy) is 4. The first kappa shape index (κ1) is 21.4. The van der Waals surface area contributed by atoms with Gasteiger partial charge < -0.3 is 23.8 Å². The molecule has 1 aliphatic heterocycles. The van der Waals surface area contributed by atoms with Crippen LogP contribution in [-0.4, -0.2) is 51.3 Å². The third-order valence-electron chi connectivity index (χ3n) is 5.10. The third kappa shape index (κ3) is 4.48. The van der Waals surface area contributed by atoms with Crippen LogP contribution in [0.25, 0.3) is 0 Å². The molecule has 0 saturated carbocycles. The molecule has 1 amide bonds. The molecule has 1 aliphatic rings.